The number of nitrogens with zero attached hydrogens (tertiary/aromatic N) is 8. The van der Waals surface area contributed by atoms with Crippen LogP contribution in [0.2, 0.25) is 0 Å². The first-order chi connectivity index (χ1) is 62.8. The van der Waals surface area contributed by atoms with E-state index in [1.165, 1.54) is 79.0 Å². The summed E-state index contributed by atoms with van der Waals surface area (Å²) in [5.41, 5.74) is 33.2. The van der Waals surface area contributed by atoms with Crippen LogP contribution in [0, 0.1) is 0 Å². The molecule has 0 atom stereocenters. The maximum atomic E-state index is 12.2. The molecular formula is C106H148N12O16S3. The van der Waals surface area contributed by atoms with Crippen LogP contribution in [-0.2, 0) is 57.5 Å². The first kappa shape index (κ1) is 123. The van der Waals surface area contributed by atoms with E-state index < -0.39 is 23.9 Å². The topological polar surface area (TPSA) is 365 Å². The number of imide groups is 4. The molecule has 0 aromatic carbocycles. The molecule has 5 saturated heterocycles. The molecule has 7 fully saturated rings. The number of hydrazone groups is 1. The van der Waals surface area contributed by atoms with Crippen molar-refractivity contribution in [2.75, 3.05) is 48.8 Å². The maximum Gasteiger partial charge on any atom is 0.333 e. The maximum absolute atomic E-state index is 12.2. The number of carbonyl (C=O) groups is 16. The van der Waals surface area contributed by atoms with Crippen LogP contribution in [0.3, 0.4) is 0 Å². The summed E-state index contributed by atoms with van der Waals surface area (Å²) in [6.07, 6.45) is 2.54. The number of barbiturate groups is 1. The van der Waals surface area contributed by atoms with Gasteiger partial charge in [0, 0.05) is 79.3 Å². The average molecular weight is 1940 g/mol. The van der Waals surface area contributed by atoms with Gasteiger partial charge >= 0.3 is 18.1 Å². The predicted octanol–water partition coefficient (Wildman–Crippen LogP) is 21.0. The van der Waals surface area contributed by atoms with E-state index in [1.54, 1.807) is 42.0 Å². The number of ketones is 5. The monoisotopic (exact) mass is 1940 g/mol. The molecule has 0 aromatic rings. The molecule has 14 amide bonds. The van der Waals surface area contributed by atoms with Gasteiger partial charge in [-0.15, -0.1) is 0 Å². The number of hydrogen-bond acceptors (Lipinski definition) is 21. The summed E-state index contributed by atoms with van der Waals surface area (Å²) < 4.78 is 0. The number of nitrogens with one attached hydrogen (secondary N) is 4. The second-order valence-electron chi connectivity index (χ2n) is 36.5. The standard InChI is InChI=1S/C13H18N2O3.C13H18N2O2S.C13H18O2.C12H18N2O.C12H17NO.C12H16O2.C11H16N2O2.C10H14N2O2.C10H13NOS2/c2*1-7(2)8(3)9(4)10-11(16)14(5)13(18)15(6)12(10)17;1-8(2)9(3)10(4)13-11(14)6-5-7-12(13)15;1-7(2)8(3)9(4)11-10(5)13-14(6)12(11)15;1-7(2)8(3)9(4)12-10(5)13-6-11(12)14;1-7(2)8(3)9(4)12-10(13)5-6-11(12)14;1-6(2)7(3)8(4)9-10(14)12-11(15)13(9)5;1-5(2)6(3)7(4)8-9(13)12-10(14)11-8;1-5(2)6(3)7(4)8-9(13)11-10(12)14-8/h2*1-6H3;5-7H2,1-4H3;1-6H3;6H2,1-5H3;5-6H2,1-4H3;1-5H3,(H,12,14,15);1-4H3,(H2,11,12,13,14);1-4H3,(H,11,12,13)/b;;;11-9+;12-9+;;9-8-;2*8-7-. The van der Waals surface area contributed by atoms with Crippen molar-refractivity contribution in [2.45, 2.75) is 295 Å². The predicted molar refractivity (Wildman–Crippen MR) is 558 cm³/mol. The minimum atomic E-state index is -0.601. The Balaban J connectivity index is 0.000000772. The number of urea groups is 3. The molecular weight excluding hydrogens is 1790 g/mol. The van der Waals surface area contributed by atoms with E-state index >= 15 is 0 Å². The molecule has 4 N–H and O–H groups in total. The van der Waals surface area contributed by atoms with Crippen LogP contribution in [0.15, 0.2) is 210 Å². The highest BCUT2D eigenvalue weighted by atomic mass is 32.2. The third-order valence-corrected chi connectivity index (χ3v) is 27.5. The summed E-state index contributed by atoms with van der Waals surface area (Å²) in [6.45, 7) is 74.6. The fraction of sp³-hybridized carbons (Fsp3) is 0.472. The van der Waals surface area contributed by atoms with E-state index in [9.17, 15) is 76.7 Å². The van der Waals surface area contributed by atoms with Crippen LogP contribution in [0.1, 0.15) is 295 Å². The van der Waals surface area contributed by atoms with Crippen molar-refractivity contribution in [1.29, 1.82) is 0 Å². The molecule has 9 rings (SSSR count). The highest BCUT2D eigenvalue weighted by Gasteiger charge is 2.41. The lowest BCUT2D eigenvalue weighted by Gasteiger charge is -2.32. The van der Waals surface area contributed by atoms with Gasteiger partial charge in [0.1, 0.15) is 34.1 Å². The fourth-order valence-electron chi connectivity index (χ4n) is 13.8. The van der Waals surface area contributed by atoms with Gasteiger partial charge in [0.2, 0.25) is 0 Å². The number of allylic oxidation sites excluding steroid dienone is 29. The van der Waals surface area contributed by atoms with E-state index in [2.05, 4.69) is 79.8 Å². The van der Waals surface area contributed by atoms with Crippen LogP contribution in [0.5, 0.6) is 0 Å². The van der Waals surface area contributed by atoms with Crippen molar-refractivity contribution >= 4 is 151 Å². The molecule has 0 aromatic heterocycles. The van der Waals surface area contributed by atoms with Gasteiger partial charge in [-0.3, -0.25) is 102 Å². The summed E-state index contributed by atoms with van der Waals surface area (Å²) in [6, 6.07) is -1.42. The van der Waals surface area contributed by atoms with E-state index in [0.717, 1.165) is 143 Å². The second kappa shape index (κ2) is 53.6. The quantitative estimate of drug-likeness (QED) is 0.0721. The fourth-order valence-corrected chi connectivity index (χ4v) is 15.2. The van der Waals surface area contributed by atoms with Gasteiger partial charge in [-0.25, -0.2) is 19.4 Å². The molecule has 31 heteroatoms. The minimum absolute atomic E-state index is 0.00750. The third kappa shape index (κ3) is 32.0. The van der Waals surface area contributed by atoms with Crippen molar-refractivity contribution in [2.24, 2.45) is 10.1 Å². The smallest absolute Gasteiger partial charge is 0.306 e. The van der Waals surface area contributed by atoms with Crippen molar-refractivity contribution < 1.29 is 76.7 Å². The van der Waals surface area contributed by atoms with Gasteiger partial charge < -0.3 is 10.6 Å². The van der Waals surface area contributed by atoms with Crippen LogP contribution >= 0.6 is 36.2 Å². The van der Waals surface area contributed by atoms with Crippen molar-refractivity contribution in [1.82, 2.24) is 50.8 Å². The van der Waals surface area contributed by atoms with Crippen LogP contribution in [0.25, 0.3) is 0 Å². The number of hydrogen-bond donors (Lipinski definition) is 4. The lowest BCUT2D eigenvalue weighted by Crippen LogP contribution is -2.53. The number of rotatable bonds is 9. The number of likely N-dealkylation sites (N-methyl/N-ethyl adjacent to an activating group) is 6. The molecule has 28 nitrogen and oxygen atoms in total. The van der Waals surface area contributed by atoms with E-state index in [-0.39, 0.29) is 86.0 Å². The summed E-state index contributed by atoms with van der Waals surface area (Å²) in [5, 5.41) is 15.2. The van der Waals surface area contributed by atoms with E-state index in [1.807, 2.05) is 201 Å². The van der Waals surface area contributed by atoms with Crippen molar-refractivity contribution in [3.63, 3.8) is 0 Å². The van der Waals surface area contributed by atoms with Crippen LogP contribution in [0.4, 0.5) is 19.2 Å². The van der Waals surface area contributed by atoms with Crippen molar-refractivity contribution in [3.8, 4) is 0 Å². The SMILES string of the molecule is CC(C)=C(C)/C(C)=C1/C(=O)NC(=O)N1C.CC(C)=C(C)/C(C)=C1\NC(=O)NC1=O.CC(C)=C(C)/C(C)=C1\SC(=O)NC1=S.CC(C)=C(C)C(C)=C1C(=O)CCC1=O.CC(C)=C(C)C(C)=C1C(=O)CCCC1=O.CC(C)=C(C)C(C)=C1C(=O)N(C)C(=O)N(C)C1=O.CC(C)=C(C)C(C)=C1C(=O)N(C)C(=S)N(C)C1=O.CC1=NCC(=O)/C1=C(\C)C(C)=C(C)C.CC1=NN(C)C(=O)/C1=C(\C)C(C)=C(C)C. The molecule has 746 valence electrons. The van der Waals surface area contributed by atoms with E-state index in [4.69, 9.17) is 24.4 Å². The zero-order valence-corrected chi connectivity index (χ0v) is 92.0. The normalized spacial score (nSPS) is 17.9. The van der Waals surface area contributed by atoms with Gasteiger partial charge in [-0.2, -0.15) is 5.10 Å². The Morgan fingerprint density at radius 2 is 0.606 bits per heavy atom. The molecule has 9 aliphatic rings. The number of Topliss-reactive ketones (excluding diaryl/α,β-unsaturated/α-hetero) is 5. The Kier molecular flexibility index (Phi) is 48.1. The molecule has 2 saturated carbocycles. The highest BCUT2D eigenvalue weighted by Crippen LogP contribution is 2.35. The number of thioether (sulfide) groups is 1. The number of aliphatic imine (C=N–C) groups is 1. The Morgan fingerprint density at radius 3 is 0.891 bits per heavy atom. The summed E-state index contributed by atoms with van der Waals surface area (Å²) in [4.78, 5) is 197. The number of amides is 14. The second-order valence-corrected chi connectivity index (χ2v) is 38.3. The number of thiocarbonyl (C=S) groups is 2. The summed E-state index contributed by atoms with van der Waals surface area (Å²) in [7, 11) is 9.19. The Labute approximate surface area is 828 Å². The zero-order chi connectivity index (χ0) is 107. The number of carbonyl (C=O) groups excluding carboxylic acids is 16. The average Bonchev–Trinajstić information content (AvgIpc) is 1.77. The Morgan fingerprint density at radius 1 is 0.299 bits per heavy atom. The van der Waals surface area contributed by atoms with Crippen molar-refractivity contribution in [3.05, 3.63) is 200 Å². The van der Waals surface area contributed by atoms with Gasteiger partial charge in [0.05, 0.1) is 27.3 Å². The molecule has 0 spiro atoms. The van der Waals surface area contributed by atoms with Gasteiger partial charge in [-0.05, 0) is 394 Å². The molecule has 2 aliphatic carbocycles. The third-order valence-electron chi connectivity index (χ3n) is 25.5. The highest BCUT2D eigenvalue weighted by molar-refractivity contribution is 8.19. The largest absolute Gasteiger partial charge is 0.333 e. The lowest BCUT2D eigenvalue weighted by atomic mass is 9.86. The summed E-state index contributed by atoms with van der Waals surface area (Å²) in [5.74, 6) is -2.22. The molecule has 137 heavy (non-hydrogen) atoms. The molecule has 0 radical (unpaired) electrons. The first-order valence-electron chi connectivity index (χ1n) is 45.0. The van der Waals surface area contributed by atoms with Crippen LogP contribution < -0.4 is 21.3 Å². The van der Waals surface area contributed by atoms with Gasteiger partial charge in [0.15, 0.2) is 34.0 Å². The molecule has 0 unspecified atom stereocenters. The Hall–Kier alpha value is -12.1. The molecule has 7 aliphatic heterocycles. The van der Waals surface area contributed by atoms with E-state index in [0.29, 0.717) is 77.3 Å². The molecule has 7 heterocycles. The Bertz CT molecular complexity index is 5490. The van der Waals surface area contributed by atoms with Gasteiger partial charge in [-0.1, -0.05) is 62.4 Å². The summed E-state index contributed by atoms with van der Waals surface area (Å²) >= 11 is 11.3. The zero-order valence-electron chi connectivity index (χ0n) is 89.6. The van der Waals surface area contributed by atoms with Crippen LogP contribution in [-0.4, -0.2) is 193 Å². The minimum Gasteiger partial charge on any atom is -0.306 e. The molecule has 0 bridgehead atoms. The lowest BCUT2D eigenvalue weighted by molar-refractivity contribution is -0.135. The van der Waals surface area contributed by atoms with Gasteiger partial charge in [0.25, 0.3) is 46.6 Å². The first-order valence-corrected chi connectivity index (χ1v) is 46.6.